The molecule has 0 unspecified atom stereocenters. The zero-order valence-electron chi connectivity index (χ0n) is 24.3. The topological polar surface area (TPSA) is 70.4 Å². The summed E-state index contributed by atoms with van der Waals surface area (Å²) in [6, 6.07) is 14.2. The van der Waals surface area contributed by atoms with E-state index >= 15 is 0 Å². The minimum absolute atomic E-state index is 0.00502. The molecule has 2 aromatic carbocycles. The van der Waals surface area contributed by atoms with Crippen LogP contribution in [0.1, 0.15) is 51.0 Å². The first kappa shape index (κ1) is 28.3. The highest BCUT2D eigenvalue weighted by molar-refractivity contribution is 5.93. The van der Waals surface area contributed by atoms with Crippen LogP contribution >= 0.6 is 0 Å². The molecule has 216 valence electrons. The van der Waals surface area contributed by atoms with Crippen molar-refractivity contribution >= 4 is 22.6 Å². The van der Waals surface area contributed by atoms with E-state index in [0.717, 1.165) is 80.3 Å². The van der Waals surface area contributed by atoms with Gasteiger partial charge in [0.2, 0.25) is 0 Å². The fourth-order valence-corrected chi connectivity index (χ4v) is 5.93. The Kier molecular flexibility index (Phi) is 8.86. The van der Waals surface area contributed by atoms with Gasteiger partial charge in [0.05, 0.1) is 25.9 Å². The van der Waals surface area contributed by atoms with E-state index in [0.29, 0.717) is 37.7 Å². The van der Waals surface area contributed by atoms with Gasteiger partial charge in [-0.15, -0.1) is 0 Å². The van der Waals surface area contributed by atoms with Gasteiger partial charge in [-0.05, 0) is 62.6 Å². The second-order valence-corrected chi connectivity index (χ2v) is 11.4. The van der Waals surface area contributed by atoms with E-state index in [1.54, 1.807) is 7.11 Å². The lowest BCUT2D eigenvalue weighted by atomic mass is 9.91. The minimum Gasteiger partial charge on any atom is -0.493 e. The number of hydrogen-bond acceptors (Lipinski definition) is 5. The average molecular weight is 549 g/mol. The number of aromatic nitrogens is 1. The van der Waals surface area contributed by atoms with Crippen LogP contribution in [-0.2, 0) is 13.1 Å². The Morgan fingerprint density at radius 3 is 2.60 bits per heavy atom. The Morgan fingerprint density at radius 2 is 1.82 bits per heavy atom. The molecule has 1 N–H and O–H groups in total. The van der Waals surface area contributed by atoms with Gasteiger partial charge < -0.3 is 28.9 Å². The molecular weight excluding hydrogens is 504 g/mol. The number of unbranched alkanes of at least 4 members (excludes halogenated alkanes) is 2. The number of anilines is 1. The molecule has 2 amide bonds. The molecule has 1 aromatic heterocycles. The Morgan fingerprint density at radius 1 is 1.00 bits per heavy atom. The number of carbonyl (C=O) groups is 1. The lowest BCUT2D eigenvalue weighted by molar-refractivity contribution is -0.0282. The number of urea groups is 1. The minimum atomic E-state index is -0.686. The number of aliphatic hydroxyl groups is 1. The highest BCUT2D eigenvalue weighted by atomic mass is 16.5. The van der Waals surface area contributed by atoms with Crippen molar-refractivity contribution in [3.63, 3.8) is 0 Å². The van der Waals surface area contributed by atoms with Gasteiger partial charge in [0.15, 0.2) is 11.5 Å². The maximum absolute atomic E-state index is 13.7. The molecule has 2 fully saturated rings. The summed E-state index contributed by atoms with van der Waals surface area (Å²) in [4.78, 5) is 19.8. The number of methoxy groups -OCH3 is 1. The van der Waals surface area contributed by atoms with Crippen LogP contribution in [0.5, 0.6) is 11.5 Å². The number of hydrogen-bond donors (Lipinski definition) is 1. The van der Waals surface area contributed by atoms with E-state index in [1.165, 1.54) is 0 Å². The van der Waals surface area contributed by atoms with Crippen LogP contribution in [0.3, 0.4) is 0 Å². The quantitative estimate of drug-likeness (QED) is 0.320. The number of fused-ring (bicyclic) bond motifs is 1. The third-order valence-corrected chi connectivity index (χ3v) is 8.42. The maximum Gasteiger partial charge on any atom is 0.324 e. The molecule has 0 spiro atoms. The first-order valence-corrected chi connectivity index (χ1v) is 14.8. The molecule has 2 aliphatic rings. The molecule has 8 heteroatoms. The number of piperidine rings is 1. The van der Waals surface area contributed by atoms with E-state index in [2.05, 4.69) is 53.9 Å². The normalized spacial score (nSPS) is 17.9. The average Bonchev–Trinajstić information content (AvgIpc) is 3.37. The van der Waals surface area contributed by atoms with Gasteiger partial charge in [-0.25, -0.2) is 4.79 Å². The predicted octanol–water partition coefficient (Wildman–Crippen LogP) is 5.51. The summed E-state index contributed by atoms with van der Waals surface area (Å²) in [5.74, 6) is 1.36. The fourth-order valence-electron chi connectivity index (χ4n) is 5.93. The first-order chi connectivity index (χ1) is 19.4. The van der Waals surface area contributed by atoms with Gasteiger partial charge in [-0.1, -0.05) is 31.9 Å². The van der Waals surface area contributed by atoms with Gasteiger partial charge in [0.1, 0.15) is 0 Å². The van der Waals surface area contributed by atoms with E-state index in [-0.39, 0.29) is 6.03 Å². The molecule has 0 bridgehead atoms. The molecule has 0 atom stereocenters. The molecule has 3 heterocycles. The Balaban J connectivity index is 1.31. The largest absolute Gasteiger partial charge is 0.493 e. The maximum atomic E-state index is 13.7. The molecule has 3 aromatic rings. The summed E-state index contributed by atoms with van der Waals surface area (Å²) in [5.41, 5.74) is 2.37. The molecular formula is C32H44N4O4. The van der Waals surface area contributed by atoms with Crippen LogP contribution in [0.15, 0.2) is 48.7 Å². The van der Waals surface area contributed by atoms with Crippen LogP contribution in [0.4, 0.5) is 10.5 Å². The Bertz CT molecular complexity index is 1300. The highest BCUT2D eigenvalue weighted by Gasteiger charge is 2.32. The third-order valence-electron chi connectivity index (χ3n) is 8.42. The smallest absolute Gasteiger partial charge is 0.324 e. The molecule has 0 radical (unpaired) electrons. The lowest BCUT2D eigenvalue weighted by Crippen LogP contribution is -2.49. The molecule has 5 rings (SSSR count). The summed E-state index contributed by atoms with van der Waals surface area (Å²) in [7, 11) is 3.75. The number of likely N-dealkylation sites (tertiary alicyclic amines) is 1. The number of carbonyl (C=O) groups excluding carboxylic acids is 1. The van der Waals surface area contributed by atoms with Crippen molar-refractivity contribution in [2.24, 2.45) is 0 Å². The number of amides is 2. The van der Waals surface area contributed by atoms with E-state index in [9.17, 15) is 9.90 Å². The second kappa shape index (κ2) is 12.5. The summed E-state index contributed by atoms with van der Waals surface area (Å²) in [6.45, 7) is 7.15. The molecule has 2 aliphatic heterocycles. The zero-order valence-corrected chi connectivity index (χ0v) is 24.3. The number of ether oxygens (including phenoxy) is 2. The van der Waals surface area contributed by atoms with E-state index in [4.69, 9.17) is 9.47 Å². The van der Waals surface area contributed by atoms with Crippen molar-refractivity contribution in [1.82, 2.24) is 14.4 Å². The van der Waals surface area contributed by atoms with Crippen LogP contribution in [0, 0.1) is 0 Å². The SMILES string of the molecule is CCCCCOc1cc(N2CCCN(Cc3cccc4c3ccn4CC3(O)CCN(C)CC3)C2=O)ccc1OC. The zero-order chi connectivity index (χ0) is 28.1. The molecule has 8 nitrogen and oxygen atoms in total. The van der Waals surface area contributed by atoms with Crippen molar-refractivity contribution in [3.05, 3.63) is 54.2 Å². The molecule has 0 saturated carbocycles. The van der Waals surface area contributed by atoms with Gasteiger partial charge >= 0.3 is 6.03 Å². The van der Waals surface area contributed by atoms with Crippen molar-refractivity contribution in [3.8, 4) is 11.5 Å². The van der Waals surface area contributed by atoms with Crippen molar-refractivity contribution in [1.29, 1.82) is 0 Å². The summed E-state index contributed by atoms with van der Waals surface area (Å²) < 4.78 is 13.7. The standard InChI is InChI=1S/C32H44N4O4/c1-4-5-6-21-40-30-22-26(11-12-29(30)39-3)36-17-8-16-34(31(36)37)23-25-9-7-10-28-27(25)13-18-35(28)24-32(38)14-19-33(2)20-15-32/h7,9-13,18,22,38H,4-6,8,14-17,19-21,23-24H2,1-3H3. The van der Waals surface area contributed by atoms with Gasteiger partial charge in [-0.3, -0.25) is 4.90 Å². The van der Waals surface area contributed by atoms with E-state index in [1.807, 2.05) is 28.0 Å². The van der Waals surface area contributed by atoms with Crippen molar-refractivity contribution < 1.29 is 19.4 Å². The first-order valence-electron chi connectivity index (χ1n) is 14.8. The molecule has 0 aliphatic carbocycles. The summed E-state index contributed by atoms with van der Waals surface area (Å²) >= 11 is 0. The lowest BCUT2D eigenvalue weighted by Gasteiger charge is -2.37. The fraction of sp³-hybridized carbons (Fsp3) is 0.531. The highest BCUT2D eigenvalue weighted by Crippen LogP contribution is 2.34. The van der Waals surface area contributed by atoms with Gasteiger partial charge in [-0.2, -0.15) is 0 Å². The van der Waals surface area contributed by atoms with Gasteiger partial charge in [0.25, 0.3) is 0 Å². The summed E-state index contributed by atoms with van der Waals surface area (Å²) in [6.07, 6.45) is 7.77. The predicted molar refractivity (Wildman–Crippen MR) is 159 cm³/mol. The van der Waals surface area contributed by atoms with Crippen LogP contribution in [-0.4, -0.2) is 78.0 Å². The molecule has 40 heavy (non-hydrogen) atoms. The Labute approximate surface area is 238 Å². The second-order valence-electron chi connectivity index (χ2n) is 11.4. The summed E-state index contributed by atoms with van der Waals surface area (Å²) in [5, 5.41) is 12.4. The van der Waals surface area contributed by atoms with E-state index < -0.39 is 5.60 Å². The Hall–Kier alpha value is -3.23. The third kappa shape index (κ3) is 6.23. The molecule has 2 saturated heterocycles. The monoisotopic (exact) mass is 548 g/mol. The van der Waals surface area contributed by atoms with Crippen molar-refractivity contribution in [2.75, 3.05) is 51.8 Å². The van der Waals surface area contributed by atoms with Crippen LogP contribution < -0.4 is 14.4 Å². The van der Waals surface area contributed by atoms with Crippen LogP contribution in [0.2, 0.25) is 0 Å². The number of benzene rings is 2. The van der Waals surface area contributed by atoms with Gasteiger partial charge in [0, 0.05) is 61.6 Å². The number of nitrogens with zero attached hydrogens (tertiary/aromatic N) is 4. The van der Waals surface area contributed by atoms with Crippen LogP contribution in [0.25, 0.3) is 10.9 Å². The van der Waals surface area contributed by atoms with Crippen molar-refractivity contribution in [2.45, 2.75) is 64.1 Å². The number of rotatable bonds is 11.